The van der Waals surface area contributed by atoms with E-state index in [1.54, 1.807) is 27.7 Å². The average molecular weight is 519 g/mol. The van der Waals surface area contributed by atoms with Gasteiger partial charge in [-0.2, -0.15) is 0 Å². The highest BCUT2D eigenvalue weighted by Crippen LogP contribution is 2.71. The Labute approximate surface area is 212 Å². The molecule has 37 heavy (non-hydrogen) atoms. The lowest BCUT2D eigenvalue weighted by molar-refractivity contribution is -0.272. The summed E-state index contributed by atoms with van der Waals surface area (Å²) in [5, 5.41) is 33.6. The van der Waals surface area contributed by atoms with Crippen molar-refractivity contribution in [2.24, 2.45) is 22.7 Å². The van der Waals surface area contributed by atoms with Gasteiger partial charge in [0.1, 0.15) is 12.2 Å². The fraction of sp³-hybridized carbons (Fsp3) is 0.615. The molecule has 1 unspecified atom stereocenters. The Morgan fingerprint density at radius 3 is 2.49 bits per heavy atom. The number of carbonyl (C=O) groups is 4. The maximum absolute atomic E-state index is 13.4. The van der Waals surface area contributed by atoms with Crippen LogP contribution in [0.4, 0.5) is 0 Å². The zero-order valence-electron chi connectivity index (χ0n) is 21.1. The van der Waals surface area contributed by atoms with E-state index < -0.39 is 82.1 Å². The summed E-state index contributed by atoms with van der Waals surface area (Å²) in [4.78, 5) is 51.9. The highest BCUT2D eigenvalue weighted by Gasteiger charge is 2.84. The van der Waals surface area contributed by atoms with Gasteiger partial charge >= 0.3 is 17.9 Å². The van der Waals surface area contributed by atoms with Gasteiger partial charge in [-0.3, -0.25) is 4.79 Å². The molecule has 0 radical (unpaired) electrons. The molecule has 0 aromatic rings. The monoisotopic (exact) mass is 518 g/mol. The van der Waals surface area contributed by atoms with E-state index >= 15 is 0 Å². The molecule has 0 amide bonds. The molecule has 0 aromatic carbocycles. The van der Waals surface area contributed by atoms with Crippen molar-refractivity contribution in [1.82, 2.24) is 0 Å². The molecule has 1 spiro atoms. The van der Waals surface area contributed by atoms with Gasteiger partial charge in [0.2, 0.25) is 17.5 Å². The van der Waals surface area contributed by atoms with Gasteiger partial charge in [0.05, 0.1) is 25.7 Å². The number of ketones is 1. The molecule has 2 saturated carbocycles. The second-order valence-electron chi connectivity index (χ2n) is 11.0. The lowest BCUT2D eigenvalue weighted by Gasteiger charge is -2.65. The summed E-state index contributed by atoms with van der Waals surface area (Å²) in [7, 11) is 1.08. The van der Waals surface area contributed by atoms with Gasteiger partial charge in [0.25, 0.3) is 0 Å². The average Bonchev–Trinajstić information content (AvgIpc) is 3.12. The molecular weight excluding hydrogens is 488 g/mol. The first kappa shape index (κ1) is 25.6. The number of methoxy groups -OCH3 is 1. The minimum absolute atomic E-state index is 0.0503. The first-order valence-corrected chi connectivity index (χ1v) is 12.1. The van der Waals surface area contributed by atoms with Crippen LogP contribution in [-0.2, 0) is 38.1 Å². The number of carbonyl (C=O) groups excluding carboxylic acids is 4. The number of allylic oxidation sites excluding steroid dienone is 3. The smallest absolute Gasteiger partial charge is 0.348 e. The summed E-state index contributed by atoms with van der Waals surface area (Å²) in [5.41, 5.74) is -3.38. The predicted molar refractivity (Wildman–Crippen MR) is 122 cm³/mol. The molecule has 2 aliphatic heterocycles. The van der Waals surface area contributed by atoms with Crippen LogP contribution in [0.15, 0.2) is 34.6 Å². The van der Waals surface area contributed by atoms with Crippen LogP contribution in [0.3, 0.4) is 0 Å². The van der Waals surface area contributed by atoms with Crippen LogP contribution in [-0.4, -0.2) is 82.7 Å². The Hall–Kier alpha value is -3.02. The van der Waals surface area contributed by atoms with Crippen molar-refractivity contribution in [3.05, 3.63) is 34.6 Å². The molecule has 4 fully saturated rings. The van der Waals surface area contributed by atoms with Crippen molar-refractivity contribution < 1.29 is 53.4 Å². The molecule has 11 heteroatoms. The van der Waals surface area contributed by atoms with Crippen LogP contribution in [0, 0.1) is 22.7 Å². The first-order chi connectivity index (χ1) is 17.3. The topological polar surface area (TPSA) is 166 Å². The van der Waals surface area contributed by atoms with Crippen LogP contribution < -0.4 is 0 Å². The molecule has 5 rings (SSSR count). The summed E-state index contributed by atoms with van der Waals surface area (Å²) >= 11 is 0. The maximum atomic E-state index is 13.4. The SMILES string of the molecule is COC(=O)C12OC[C@@]34[C@@H](CC5=C(C)C(=O)C(O)=C[C@]5(C)[C@H]3[C@@H](O)[C@@H]1O)OC(=O)[C@H](OC(=O)C=C(C)C)[C@@H]24. The van der Waals surface area contributed by atoms with Gasteiger partial charge in [-0.05, 0) is 32.4 Å². The van der Waals surface area contributed by atoms with Gasteiger partial charge in [0, 0.05) is 34.8 Å². The minimum atomic E-state index is -2.23. The fourth-order valence-corrected chi connectivity index (χ4v) is 7.71. The number of fused-ring (bicyclic) bond motifs is 2. The van der Waals surface area contributed by atoms with E-state index in [1.807, 2.05) is 0 Å². The normalized spacial score (nSPS) is 43.7. The summed E-state index contributed by atoms with van der Waals surface area (Å²) in [6, 6.07) is 0. The third-order valence-corrected chi connectivity index (χ3v) is 8.98. The molecular formula is C26H30O11. The van der Waals surface area contributed by atoms with Crippen LogP contribution in [0.1, 0.15) is 34.1 Å². The summed E-state index contributed by atoms with van der Waals surface area (Å²) in [6.07, 6.45) is -3.61. The second kappa shape index (κ2) is 7.99. The van der Waals surface area contributed by atoms with Crippen molar-refractivity contribution in [2.75, 3.05) is 13.7 Å². The van der Waals surface area contributed by atoms with Gasteiger partial charge in [-0.15, -0.1) is 0 Å². The molecule has 2 bridgehead atoms. The zero-order valence-corrected chi connectivity index (χ0v) is 21.1. The van der Waals surface area contributed by atoms with E-state index in [0.29, 0.717) is 11.1 Å². The molecule has 200 valence electrons. The van der Waals surface area contributed by atoms with Gasteiger partial charge in [-0.1, -0.05) is 12.5 Å². The standard InChI is InChI=1S/C26H30O11/c1-10(2)6-15(28)37-18-20-25-9-35-26(20,23(33)34-5)21(31)17(30)19(25)24(4)8-13(27)16(29)11(3)12(24)7-14(25)36-22(18)32/h6,8,14,17-21,27,30-31H,7,9H2,1-5H3/t14-,17-,18-,19-,20-,21+,24+,25-,26?/m1/s1. The molecule has 5 aliphatic rings. The van der Waals surface area contributed by atoms with Gasteiger partial charge in [0.15, 0.2) is 5.76 Å². The Kier molecular flexibility index (Phi) is 5.53. The van der Waals surface area contributed by atoms with Crippen molar-refractivity contribution >= 4 is 23.7 Å². The number of aliphatic hydroxyl groups excluding tert-OH is 3. The number of aliphatic hydroxyl groups is 3. The van der Waals surface area contributed by atoms with Crippen molar-refractivity contribution in [3.63, 3.8) is 0 Å². The Morgan fingerprint density at radius 1 is 1.19 bits per heavy atom. The van der Waals surface area contributed by atoms with Crippen LogP contribution in [0.5, 0.6) is 0 Å². The summed E-state index contributed by atoms with van der Waals surface area (Å²) < 4.78 is 22.4. The van der Waals surface area contributed by atoms with Crippen LogP contribution in [0.2, 0.25) is 0 Å². The molecule has 11 nitrogen and oxygen atoms in total. The van der Waals surface area contributed by atoms with E-state index in [-0.39, 0.29) is 18.6 Å². The van der Waals surface area contributed by atoms with Crippen molar-refractivity contribution in [3.8, 4) is 0 Å². The minimum Gasteiger partial charge on any atom is -0.504 e. The molecule has 0 aromatic heterocycles. The molecule has 3 aliphatic carbocycles. The van der Waals surface area contributed by atoms with E-state index in [2.05, 4.69) is 0 Å². The van der Waals surface area contributed by atoms with Crippen LogP contribution >= 0.6 is 0 Å². The quantitative estimate of drug-likeness (QED) is 0.269. The van der Waals surface area contributed by atoms with Crippen LogP contribution in [0.25, 0.3) is 0 Å². The summed E-state index contributed by atoms with van der Waals surface area (Å²) in [6.45, 7) is 6.33. The number of hydrogen-bond acceptors (Lipinski definition) is 11. The van der Waals surface area contributed by atoms with E-state index in [9.17, 15) is 34.5 Å². The molecule has 3 N–H and O–H groups in total. The highest BCUT2D eigenvalue weighted by atomic mass is 16.6. The molecule has 2 heterocycles. The van der Waals surface area contributed by atoms with Gasteiger partial charge in [-0.25, -0.2) is 14.4 Å². The Morgan fingerprint density at radius 2 is 1.86 bits per heavy atom. The number of rotatable bonds is 3. The number of esters is 3. The lowest BCUT2D eigenvalue weighted by atomic mass is 9.40. The molecule has 2 saturated heterocycles. The maximum Gasteiger partial charge on any atom is 0.348 e. The Balaban J connectivity index is 1.77. The predicted octanol–water partition coefficient (Wildman–Crippen LogP) is 0.437. The lowest BCUT2D eigenvalue weighted by Crippen LogP contribution is -2.78. The van der Waals surface area contributed by atoms with E-state index in [4.69, 9.17) is 18.9 Å². The number of hydrogen-bond donors (Lipinski definition) is 3. The van der Waals surface area contributed by atoms with Gasteiger partial charge < -0.3 is 34.3 Å². The number of Topliss-reactive ketones (excluding diaryl/α,β-unsaturated/α-hetero) is 1. The number of ether oxygens (including phenoxy) is 4. The van der Waals surface area contributed by atoms with E-state index in [1.165, 1.54) is 12.2 Å². The van der Waals surface area contributed by atoms with E-state index in [0.717, 1.165) is 7.11 Å². The Bertz CT molecular complexity index is 1210. The first-order valence-electron chi connectivity index (χ1n) is 12.1. The van der Waals surface area contributed by atoms with Crippen molar-refractivity contribution in [2.45, 2.75) is 64.1 Å². The fourth-order valence-electron chi connectivity index (χ4n) is 7.71. The highest BCUT2D eigenvalue weighted by molar-refractivity contribution is 6.08. The third-order valence-electron chi connectivity index (χ3n) is 8.98. The van der Waals surface area contributed by atoms with Crippen molar-refractivity contribution in [1.29, 1.82) is 0 Å². The third kappa shape index (κ3) is 2.98. The largest absolute Gasteiger partial charge is 0.504 e. The summed E-state index contributed by atoms with van der Waals surface area (Å²) in [5.74, 6) is -6.22. The molecule has 9 atom stereocenters. The zero-order chi connectivity index (χ0) is 27.2. The second-order valence-corrected chi connectivity index (χ2v) is 11.0.